The van der Waals surface area contributed by atoms with Crippen molar-refractivity contribution >= 4 is 40.0 Å². The molecule has 4 aromatic rings. The van der Waals surface area contributed by atoms with Crippen LogP contribution in [-0.2, 0) is 17.6 Å². The van der Waals surface area contributed by atoms with E-state index in [0.29, 0.717) is 23.7 Å². The molecule has 5 nitrogen and oxygen atoms in total. The summed E-state index contributed by atoms with van der Waals surface area (Å²) in [5.74, 6) is -0.258. The molecule has 0 bridgehead atoms. The van der Waals surface area contributed by atoms with E-state index in [1.54, 1.807) is 19.1 Å². The molecule has 1 N–H and O–H groups in total. The Morgan fingerprint density at radius 1 is 1.00 bits per heavy atom. The van der Waals surface area contributed by atoms with Crippen LogP contribution in [0, 0.1) is 11.3 Å². The van der Waals surface area contributed by atoms with Crippen LogP contribution >= 0.6 is 11.6 Å². The Morgan fingerprint density at radius 2 is 1.77 bits per heavy atom. The molecule has 9 heteroatoms. The summed E-state index contributed by atoms with van der Waals surface area (Å²) < 4.78 is 50.7. The SMILES string of the molecule is CCOc1cc(/C=C(/C#N)C(=O)Nc2cccc(C(F)(F)F)c2)cc(Cl)c1OCc1ccc2ccccc2c1. The van der Waals surface area contributed by atoms with Gasteiger partial charge in [0.25, 0.3) is 5.91 Å². The molecular formula is C30H22ClF3N2O3. The summed E-state index contributed by atoms with van der Waals surface area (Å²) in [4.78, 5) is 12.7. The molecule has 0 saturated heterocycles. The van der Waals surface area contributed by atoms with E-state index in [2.05, 4.69) is 5.32 Å². The van der Waals surface area contributed by atoms with Crippen LogP contribution in [0.4, 0.5) is 18.9 Å². The lowest BCUT2D eigenvalue weighted by atomic mass is 10.1. The second-order valence-electron chi connectivity index (χ2n) is 8.44. The molecule has 0 aromatic heterocycles. The first-order chi connectivity index (χ1) is 18.7. The van der Waals surface area contributed by atoms with Crippen molar-refractivity contribution in [3.05, 3.63) is 106 Å². The van der Waals surface area contributed by atoms with Crippen LogP contribution in [0.15, 0.2) is 84.4 Å². The van der Waals surface area contributed by atoms with Gasteiger partial charge in [0.1, 0.15) is 18.2 Å². The lowest BCUT2D eigenvalue weighted by Gasteiger charge is -2.15. The van der Waals surface area contributed by atoms with E-state index < -0.39 is 17.6 Å². The van der Waals surface area contributed by atoms with Crippen molar-refractivity contribution in [2.75, 3.05) is 11.9 Å². The van der Waals surface area contributed by atoms with Gasteiger partial charge in [-0.05, 0) is 71.3 Å². The fourth-order valence-corrected chi connectivity index (χ4v) is 4.12. The Hall–Kier alpha value is -4.48. The zero-order chi connectivity index (χ0) is 28.0. The highest BCUT2D eigenvalue weighted by atomic mass is 35.5. The van der Waals surface area contributed by atoms with Crippen LogP contribution in [0.1, 0.15) is 23.6 Å². The van der Waals surface area contributed by atoms with Gasteiger partial charge in [0.2, 0.25) is 0 Å². The van der Waals surface area contributed by atoms with Gasteiger partial charge in [-0.3, -0.25) is 4.79 Å². The highest BCUT2D eigenvalue weighted by molar-refractivity contribution is 6.32. The van der Waals surface area contributed by atoms with Gasteiger partial charge in [-0.15, -0.1) is 0 Å². The van der Waals surface area contributed by atoms with Gasteiger partial charge in [-0.1, -0.05) is 54.1 Å². The maximum absolute atomic E-state index is 13.0. The first-order valence-electron chi connectivity index (χ1n) is 11.8. The lowest BCUT2D eigenvalue weighted by molar-refractivity contribution is -0.137. The summed E-state index contributed by atoms with van der Waals surface area (Å²) in [5.41, 5.74) is -0.0566. The largest absolute Gasteiger partial charge is 0.490 e. The van der Waals surface area contributed by atoms with Crippen molar-refractivity contribution in [1.29, 1.82) is 5.26 Å². The van der Waals surface area contributed by atoms with Crippen LogP contribution in [0.2, 0.25) is 5.02 Å². The molecule has 4 aromatic carbocycles. The number of nitrogens with zero attached hydrogens (tertiary/aromatic N) is 1. The quantitative estimate of drug-likeness (QED) is 0.178. The van der Waals surface area contributed by atoms with Gasteiger partial charge in [0.15, 0.2) is 11.5 Å². The third-order valence-corrected chi connectivity index (χ3v) is 5.93. The molecule has 0 aliphatic rings. The fourth-order valence-electron chi connectivity index (χ4n) is 3.85. The summed E-state index contributed by atoms with van der Waals surface area (Å²) in [7, 11) is 0. The smallest absolute Gasteiger partial charge is 0.416 e. The maximum Gasteiger partial charge on any atom is 0.416 e. The number of hydrogen-bond donors (Lipinski definition) is 1. The molecule has 0 spiro atoms. The second-order valence-corrected chi connectivity index (χ2v) is 8.84. The highest BCUT2D eigenvalue weighted by Gasteiger charge is 2.30. The van der Waals surface area contributed by atoms with E-state index in [4.69, 9.17) is 21.1 Å². The van der Waals surface area contributed by atoms with E-state index in [-0.39, 0.29) is 22.9 Å². The number of rotatable bonds is 8. The van der Waals surface area contributed by atoms with Gasteiger partial charge in [-0.25, -0.2) is 0 Å². The van der Waals surface area contributed by atoms with Crippen molar-refractivity contribution in [2.45, 2.75) is 19.7 Å². The summed E-state index contributed by atoms with van der Waals surface area (Å²) >= 11 is 6.50. The van der Waals surface area contributed by atoms with Gasteiger partial charge >= 0.3 is 6.18 Å². The molecule has 39 heavy (non-hydrogen) atoms. The Morgan fingerprint density at radius 3 is 2.49 bits per heavy atom. The number of ether oxygens (including phenoxy) is 2. The van der Waals surface area contributed by atoms with Crippen LogP contribution in [0.3, 0.4) is 0 Å². The molecule has 0 atom stereocenters. The summed E-state index contributed by atoms with van der Waals surface area (Å²) in [5, 5.41) is 14.3. The third-order valence-electron chi connectivity index (χ3n) is 5.65. The number of benzene rings is 4. The number of halogens is 4. The number of nitriles is 1. The number of amides is 1. The Balaban J connectivity index is 1.55. The van der Waals surface area contributed by atoms with E-state index in [1.165, 1.54) is 24.3 Å². The van der Waals surface area contributed by atoms with Crippen molar-refractivity contribution in [3.63, 3.8) is 0 Å². The monoisotopic (exact) mass is 550 g/mol. The van der Waals surface area contributed by atoms with Crippen LogP contribution < -0.4 is 14.8 Å². The van der Waals surface area contributed by atoms with Crippen LogP contribution in [0.5, 0.6) is 11.5 Å². The molecule has 0 radical (unpaired) electrons. The number of hydrogen-bond acceptors (Lipinski definition) is 4. The Kier molecular flexibility index (Phi) is 8.43. The van der Waals surface area contributed by atoms with Crippen molar-refractivity contribution in [1.82, 2.24) is 0 Å². The van der Waals surface area contributed by atoms with E-state index in [0.717, 1.165) is 28.5 Å². The van der Waals surface area contributed by atoms with E-state index >= 15 is 0 Å². The molecule has 1 amide bonds. The fraction of sp³-hybridized carbons (Fsp3) is 0.133. The van der Waals surface area contributed by atoms with Gasteiger partial charge in [0.05, 0.1) is 17.2 Å². The summed E-state index contributed by atoms with van der Waals surface area (Å²) in [6, 6.07) is 22.9. The van der Waals surface area contributed by atoms with Gasteiger partial charge < -0.3 is 14.8 Å². The first-order valence-corrected chi connectivity index (χ1v) is 12.2. The molecule has 0 saturated carbocycles. The summed E-state index contributed by atoms with van der Waals surface area (Å²) in [6.07, 6.45) is -3.30. The number of anilines is 1. The standard InChI is InChI=1S/C30H22ClF3N2O3/c1-2-38-27-15-20(13-23(17-35)29(37)36-25-9-5-8-24(16-25)30(32,33)34)14-26(31)28(27)39-18-19-10-11-21-6-3-4-7-22(21)12-19/h3-16H,2,18H2,1H3,(H,36,37)/b23-13-. The lowest BCUT2D eigenvalue weighted by Crippen LogP contribution is -2.14. The Bertz CT molecular complexity index is 1590. The highest BCUT2D eigenvalue weighted by Crippen LogP contribution is 2.38. The number of carbonyl (C=O) groups excluding carboxylic acids is 1. The number of alkyl halides is 3. The van der Waals surface area contributed by atoms with E-state index in [9.17, 15) is 23.2 Å². The van der Waals surface area contributed by atoms with Gasteiger partial charge in [0, 0.05) is 5.69 Å². The zero-order valence-corrected chi connectivity index (χ0v) is 21.4. The maximum atomic E-state index is 13.0. The predicted octanol–water partition coefficient (Wildman–Crippen LogP) is 8.04. The predicted molar refractivity (Wildman–Crippen MR) is 145 cm³/mol. The first kappa shape index (κ1) is 27.6. The number of carbonyl (C=O) groups is 1. The normalized spacial score (nSPS) is 11.6. The minimum atomic E-state index is -4.57. The third kappa shape index (κ3) is 6.89. The topological polar surface area (TPSA) is 71.3 Å². The molecular weight excluding hydrogens is 529 g/mol. The van der Waals surface area contributed by atoms with E-state index in [1.807, 2.05) is 42.5 Å². The molecule has 0 aliphatic heterocycles. The molecule has 0 unspecified atom stereocenters. The minimum absolute atomic E-state index is 0.0959. The number of fused-ring (bicyclic) bond motifs is 1. The van der Waals surface area contributed by atoms with Gasteiger partial charge in [-0.2, -0.15) is 18.4 Å². The zero-order valence-electron chi connectivity index (χ0n) is 20.7. The second kappa shape index (κ2) is 11.9. The molecule has 0 aliphatic carbocycles. The van der Waals surface area contributed by atoms with Crippen molar-refractivity contribution in [3.8, 4) is 17.6 Å². The molecule has 198 valence electrons. The Labute approximate surface area is 228 Å². The average Bonchev–Trinajstić information content (AvgIpc) is 2.91. The molecule has 0 fully saturated rings. The summed E-state index contributed by atoms with van der Waals surface area (Å²) in [6.45, 7) is 2.31. The van der Waals surface area contributed by atoms with Crippen molar-refractivity contribution < 1.29 is 27.4 Å². The van der Waals surface area contributed by atoms with Crippen molar-refractivity contribution in [2.24, 2.45) is 0 Å². The average molecular weight is 551 g/mol. The minimum Gasteiger partial charge on any atom is -0.490 e. The number of nitrogens with one attached hydrogen (secondary N) is 1. The molecule has 0 heterocycles. The van der Waals surface area contributed by atoms with Crippen LogP contribution in [0.25, 0.3) is 16.8 Å². The van der Waals surface area contributed by atoms with Crippen LogP contribution in [-0.4, -0.2) is 12.5 Å². The molecule has 4 rings (SSSR count).